The predicted octanol–water partition coefficient (Wildman–Crippen LogP) is 2.94. The van der Waals surface area contributed by atoms with Crippen LogP contribution in [0.25, 0.3) is 0 Å². The Morgan fingerprint density at radius 1 is 1.71 bits per heavy atom. The molecule has 40 valence electrons. The van der Waals surface area contributed by atoms with Crippen molar-refractivity contribution in [1.29, 1.82) is 0 Å². The summed E-state index contributed by atoms with van der Waals surface area (Å²) in [6.45, 7) is 0. The van der Waals surface area contributed by atoms with Gasteiger partial charge < -0.3 is 0 Å². The molecule has 0 bridgehead atoms. The zero-order valence-electron chi connectivity index (χ0n) is 3.98. The number of halogens is 1. The van der Waals surface area contributed by atoms with Crippen LogP contribution in [-0.4, -0.2) is 0 Å². The predicted molar refractivity (Wildman–Crippen MR) is 35.4 cm³/mol. The molecule has 0 aromatic heterocycles. The van der Waals surface area contributed by atoms with Gasteiger partial charge in [0.25, 0.3) is 0 Å². The summed E-state index contributed by atoms with van der Waals surface area (Å²) in [5, 5.41) is 0. The maximum Gasteiger partial charge on any atom is -0.00312 e. The van der Waals surface area contributed by atoms with Crippen LogP contribution in [0.1, 0.15) is 19.3 Å². The van der Waals surface area contributed by atoms with Crippen LogP contribution >= 0.6 is 21.7 Å². The molecule has 0 atom stereocenters. The van der Waals surface area contributed by atoms with Crippen LogP contribution in [0.2, 0.25) is 0 Å². The fourth-order valence-corrected chi connectivity index (χ4v) is 1.53. The van der Waals surface area contributed by atoms with E-state index in [0.717, 1.165) is 0 Å². The van der Waals surface area contributed by atoms with Gasteiger partial charge in [0.15, 0.2) is 0 Å². The summed E-state index contributed by atoms with van der Waals surface area (Å²) in [6, 6.07) is 0. The number of rotatable bonds is 1. The lowest BCUT2D eigenvalue weighted by Gasteiger charge is -1.85. The molecule has 0 aliphatic heterocycles. The van der Waals surface area contributed by atoms with Gasteiger partial charge in [-0.3, -0.25) is 0 Å². The third kappa shape index (κ3) is 1.39. The average molecular weight is 135 g/mol. The first-order chi connectivity index (χ1) is 3.43. The van der Waals surface area contributed by atoms with Crippen molar-refractivity contribution in [2.45, 2.75) is 19.3 Å². The van der Waals surface area contributed by atoms with Crippen LogP contribution in [0, 0.1) is 0 Å². The van der Waals surface area contributed by atoms with E-state index in [1.165, 1.54) is 35.1 Å². The van der Waals surface area contributed by atoms with Crippen LogP contribution < -0.4 is 0 Å². The van der Waals surface area contributed by atoms with E-state index in [1.807, 2.05) is 0 Å². The zero-order chi connectivity index (χ0) is 5.11. The minimum atomic E-state index is 1.20. The minimum Gasteiger partial charge on any atom is -0.0738 e. The molecule has 0 radical (unpaired) electrons. The van der Waals surface area contributed by atoms with Crippen molar-refractivity contribution in [2.24, 2.45) is 0 Å². The van der Waals surface area contributed by atoms with Crippen molar-refractivity contribution in [3.05, 3.63) is 11.0 Å². The van der Waals surface area contributed by atoms with E-state index in [9.17, 15) is 0 Å². The van der Waals surface area contributed by atoms with E-state index < -0.39 is 0 Å². The summed E-state index contributed by atoms with van der Waals surface area (Å²) in [6.07, 6.45) is 5.94. The molecule has 0 saturated carbocycles. The maximum absolute atomic E-state index is 5.46. The van der Waals surface area contributed by atoms with E-state index in [-0.39, 0.29) is 0 Å². The molecule has 2 heteroatoms. The molecular formula is C5H7ClS. The fraction of sp³-hybridized carbons (Fsp3) is 0.600. The Hall–Kier alpha value is 0.380. The molecule has 0 nitrogen and oxygen atoms in total. The second-order valence-electron chi connectivity index (χ2n) is 1.64. The van der Waals surface area contributed by atoms with Gasteiger partial charge in [-0.1, -0.05) is 6.08 Å². The van der Waals surface area contributed by atoms with Crippen LogP contribution in [0.3, 0.4) is 0 Å². The van der Waals surface area contributed by atoms with Gasteiger partial charge >= 0.3 is 0 Å². The molecule has 0 amide bonds. The lowest BCUT2D eigenvalue weighted by atomic mass is 10.4. The number of hydrogen-bond acceptors (Lipinski definition) is 1. The molecule has 0 aromatic carbocycles. The molecule has 1 aliphatic carbocycles. The SMILES string of the molecule is ClSC1=CCCC1. The zero-order valence-corrected chi connectivity index (χ0v) is 5.56. The number of allylic oxidation sites excluding steroid dienone is 2. The Labute approximate surface area is 52.4 Å². The molecule has 1 rings (SSSR count). The Morgan fingerprint density at radius 2 is 2.57 bits per heavy atom. The van der Waals surface area contributed by atoms with Crippen molar-refractivity contribution >= 4 is 21.7 Å². The molecule has 0 spiro atoms. The van der Waals surface area contributed by atoms with Gasteiger partial charge in [-0.05, 0) is 45.8 Å². The summed E-state index contributed by atoms with van der Waals surface area (Å²) in [4.78, 5) is 1.35. The molecule has 0 heterocycles. The Bertz CT molecular complexity index is 88.1. The highest BCUT2D eigenvalue weighted by molar-refractivity contribution is 8.24. The number of hydrogen-bond donors (Lipinski definition) is 0. The lowest BCUT2D eigenvalue weighted by Crippen LogP contribution is -1.59. The first kappa shape index (κ1) is 5.52. The van der Waals surface area contributed by atoms with Gasteiger partial charge in [0.2, 0.25) is 0 Å². The molecule has 1 aliphatic rings. The highest BCUT2D eigenvalue weighted by atomic mass is 35.7. The topological polar surface area (TPSA) is 0 Å². The molecule has 7 heavy (non-hydrogen) atoms. The lowest BCUT2D eigenvalue weighted by molar-refractivity contribution is 0.925. The smallest absolute Gasteiger partial charge is 0.00312 e. The van der Waals surface area contributed by atoms with Crippen LogP contribution in [0.15, 0.2) is 11.0 Å². The highest BCUT2D eigenvalue weighted by Gasteiger charge is 2.01. The third-order valence-corrected chi connectivity index (χ3v) is 2.26. The van der Waals surface area contributed by atoms with Gasteiger partial charge in [-0.2, -0.15) is 0 Å². The van der Waals surface area contributed by atoms with Crippen molar-refractivity contribution in [1.82, 2.24) is 0 Å². The van der Waals surface area contributed by atoms with Crippen LogP contribution in [0.5, 0.6) is 0 Å². The minimum absolute atomic E-state index is 1.20. The molecule has 0 aromatic rings. The van der Waals surface area contributed by atoms with E-state index in [4.69, 9.17) is 10.7 Å². The first-order valence-electron chi connectivity index (χ1n) is 2.41. The second-order valence-corrected chi connectivity index (χ2v) is 2.78. The summed E-state index contributed by atoms with van der Waals surface area (Å²) in [7, 11) is 6.82. The van der Waals surface area contributed by atoms with Crippen molar-refractivity contribution in [3.8, 4) is 0 Å². The van der Waals surface area contributed by atoms with E-state index in [1.54, 1.807) is 0 Å². The average Bonchev–Trinajstić information content (AvgIpc) is 2.14. The summed E-state index contributed by atoms with van der Waals surface area (Å²) >= 11 is 0. The van der Waals surface area contributed by atoms with Crippen LogP contribution in [0.4, 0.5) is 0 Å². The largest absolute Gasteiger partial charge is 0.0738 e. The highest BCUT2D eigenvalue weighted by Crippen LogP contribution is 2.30. The summed E-state index contributed by atoms with van der Waals surface area (Å²) < 4.78 is 0. The normalized spacial score (nSPS) is 19.9. The van der Waals surface area contributed by atoms with Crippen molar-refractivity contribution in [2.75, 3.05) is 0 Å². The van der Waals surface area contributed by atoms with E-state index >= 15 is 0 Å². The van der Waals surface area contributed by atoms with Gasteiger partial charge in [0.1, 0.15) is 0 Å². The van der Waals surface area contributed by atoms with Gasteiger partial charge in [-0.15, -0.1) is 0 Å². The molecular weight excluding hydrogens is 128 g/mol. The fourth-order valence-electron chi connectivity index (χ4n) is 0.711. The second kappa shape index (κ2) is 2.63. The summed E-state index contributed by atoms with van der Waals surface area (Å²) in [5.41, 5.74) is 0. The Balaban J connectivity index is 2.36. The Morgan fingerprint density at radius 3 is 2.86 bits per heavy atom. The van der Waals surface area contributed by atoms with Crippen molar-refractivity contribution < 1.29 is 0 Å². The van der Waals surface area contributed by atoms with Crippen molar-refractivity contribution in [3.63, 3.8) is 0 Å². The third-order valence-electron chi connectivity index (χ3n) is 1.10. The van der Waals surface area contributed by atoms with Gasteiger partial charge in [-0.25, -0.2) is 0 Å². The quantitative estimate of drug-likeness (QED) is 0.532. The monoisotopic (exact) mass is 134 g/mol. The molecule has 0 unspecified atom stereocenters. The van der Waals surface area contributed by atoms with E-state index in [2.05, 4.69) is 6.08 Å². The molecule has 0 N–H and O–H groups in total. The van der Waals surface area contributed by atoms with E-state index in [0.29, 0.717) is 0 Å². The molecule has 0 fully saturated rings. The summed E-state index contributed by atoms with van der Waals surface area (Å²) in [5.74, 6) is 0. The molecule has 0 saturated heterocycles. The van der Waals surface area contributed by atoms with Gasteiger partial charge in [0.05, 0.1) is 0 Å². The first-order valence-corrected chi connectivity index (χ1v) is 4.05. The van der Waals surface area contributed by atoms with Crippen LogP contribution in [-0.2, 0) is 0 Å². The van der Waals surface area contributed by atoms with Gasteiger partial charge in [0, 0.05) is 0 Å². The maximum atomic E-state index is 5.46. The Kier molecular flexibility index (Phi) is 2.07. The standard InChI is InChI=1S/C5H7ClS/c6-7-5-3-1-2-4-5/h3H,1-2,4H2.